The maximum Gasteiger partial charge on any atom is 0.417 e. The normalized spacial score (nSPS) is 18.3. The number of benzene rings is 1. The van der Waals surface area contributed by atoms with E-state index in [-0.39, 0.29) is 13.1 Å². The van der Waals surface area contributed by atoms with Gasteiger partial charge in [-0.25, -0.2) is 13.4 Å². The molecule has 1 fully saturated rings. The van der Waals surface area contributed by atoms with E-state index in [0.717, 1.165) is 37.1 Å². The third-order valence-corrected chi connectivity index (χ3v) is 7.24. The standard InChI is InChI=1S/C19H20F3N3O2S/c20-19(21,22)16-5-7-18(23-13-16)24-8-10-25(11-9-24)28(26,27)17-6-4-14-2-1-3-15(14)12-17/h4-7,12-13H,1-3,8-11H2. The SMILES string of the molecule is O=S(=O)(c1ccc2c(c1)CCC2)N1CCN(c2ccc(C(F)(F)F)cn2)CC1. The molecule has 1 aliphatic carbocycles. The fraction of sp³-hybridized carbons (Fsp3) is 0.421. The summed E-state index contributed by atoms with van der Waals surface area (Å²) >= 11 is 0. The van der Waals surface area contributed by atoms with Crippen LogP contribution in [0.4, 0.5) is 19.0 Å². The Morgan fingerprint density at radius 1 is 0.929 bits per heavy atom. The fourth-order valence-electron chi connectivity index (χ4n) is 3.76. The molecular weight excluding hydrogens is 391 g/mol. The molecule has 0 N–H and O–H groups in total. The van der Waals surface area contributed by atoms with Crippen molar-refractivity contribution in [3.8, 4) is 0 Å². The summed E-state index contributed by atoms with van der Waals surface area (Å²) in [5, 5.41) is 0. The van der Waals surface area contributed by atoms with Crippen LogP contribution in [0.25, 0.3) is 0 Å². The summed E-state index contributed by atoms with van der Waals surface area (Å²) in [5.41, 5.74) is 1.53. The summed E-state index contributed by atoms with van der Waals surface area (Å²) in [7, 11) is -3.58. The molecule has 0 saturated carbocycles. The number of aromatic nitrogens is 1. The summed E-state index contributed by atoms with van der Waals surface area (Å²) in [6.45, 7) is 1.29. The Morgan fingerprint density at radius 3 is 2.29 bits per heavy atom. The zero-order valence-corrected chi connectivity index (χ0v) is 15.9. The lowest BCUT2D eigenvalue weighted by molar-refractivity contribution is -0.137. The molecule has 4 rings (SSSR count). The maximum absolute atomic E-state index is 13.0. The van der Waals surface area contributed by atoms with Crippen molar-refractivity contribution >= 4 is 15.8 Å². The minimum absolute atomic E-state index is 0.266. The van der Waals surface area contributed by atoms with Crippen LogP contribution >= 0.6 is 0 Å². The largest absolute Gasteiger partial charge is 0.417 e. The molecule has 1 aromatic carbocycles. The van der Waals surface area contributed by atoms with Crippen molar-refractivity contribution in [3.05, 3.63) is 53.2 Å². The third-order valence-electron chi connectivity index (χ3n) is 5.35. The van der Waals surface area contributed by atoms with Gasteiger partial charge in [-0.3, -0.25) is 0 Å². The molecule has 0 radical (unpaired) electrons. The van der Waals surface area contributed by atoms with Crippen molar-refractivity contribution < 1.29 is 21.6 Å². The highest BCUT2D eigenvalue weighted by atomic mass is 32.2. The topological polar surface area (TPSA) is 53.5 Å². The van der Waals surface area contributed by atoms with E-state index in [1.54, 1.807) is 17.0 Å². The first-order valence-corrected chi connectivity index (χ1v) is 10.6. The van der Waals surface area contributed by atoms with Crippen molar-refractivity contribution in [1.82, 2.24) is 9.29 Å². The second-order valence-corrected chi connectivity index (χ2v) is 9.02. The molecule has 0 bridgehead atoms. The Balaban J connectivity index is 1.45. The second-order valence-electron chi connectivity index (χ2n) is 7.08. The molecule has 1 aliphatic heterocycles. The number of aryl methyl sites for hydroxylation is 2. The van der Waals surface area contributed by atoms with Gasteiger partial charge in [0.1, 0.15) is 5.82 Å². The average molecular weight is 411 g/mol. The van der Waals surface area contributed by atoms with Crippen molar-refractivity contribution in [2.75, 3.05) is 31.1 Å². The first-order valence-electron chi connectivity index (χ1n) is 9.15. The highest BCUT2D eigenvalue weighted by Gasteiger charge is 2.32. The van der Waals surface area contributed by atoms with Crippen LogP contribution in [0.3, 0.4) is 0 Å². The van der Waals surface area contributed by atoms with Crippen LogP contribution in [0.15, 0.2) is 41.4 Å². The van der Waals surface area contributed by atoms with Gasteiger partial charge in [-0.1, -0.05) is 6.07 Å². The van der Waals surface area contributed by atoms with E-state index in [1.165, 1.54) is 15.9 Å². The Kier molecular flexibility index (Phi) is 4.83. The van der Waals surface area contributed by atoms with Gasteiger partial charge in [0.2, 0.25) is 10.0 Å². The lowest BCUT2D eigenvalue weighted by Gasteiger charge is -2.34. The van der Waals surface area contributed by atoms with Crippen molar-refractivity contribution in [1.29, 1.82) is 0 Å². The zero-order valence-electron chi connectivity index (χ0n) is 15.1. The van der Waals surface area contributed by atoms with Gasteiger partial charge in [-0.15, -0.1) is 0 Å². The van der Waals surface area contributed by atoms with E-state index in [9.17, 15) is 21.6 Å². The fourth-order valence-corrected chi connectivity index (χ4v) is 5.23. The summed E-state index contributed by atoms with van der Waals surface area (Å²) in [5.74, 6) is 0.419. The predicted molar refractivity (Wildman–Crippen MR) is 98.7 cm³/mol. The molecule has 2 aromatic rings. The quantitative estimate of drug-likeness (QED) is 0.779. The second kappa shape index (κ2) is 7.04. The molecule has 28 heavy (non-hydrogen) atoms. The average Bonchev–Trinajstić information content (AvgIpc) is 3.15. The van der Waals surface area contributed by atoms with Crippen LogP contribution in [0.1, 0.15) is 23.1 Å². The van der Waals surface area contributed by atoms with Gasteiger partial charge in [0.15, 0.2) is 0 Å². The summed E-state index contributed by atoms with van der Waals surface area (Å²) in [4.78, 5) is 6.01. The Bertz CT molecular complexity index is 967. The van der Waals surface area contributed by atoms with Crippen LogP contribution in [0.5, 0.6) is 0 Å². The molecule has 0 spiro atoms. The van der Waals surface area contributed by atoms with Crippen LogP contribution < -0.4 is 4.90 Å². The number of rotatable bonds is 3. The molecule has 0 amide bonds. The minimum atomic E-state index is -4.42. The summed E-state index contributed by atoms with van der Waals surface area (Å²) in [6.07, 6.45) is -0.657. The first-order chi connectivity index (χ1) is 13.2. The number of hydrogen-bond donors (Lipinski definition) is 0. The molecule has 1 aromatic heterocycles. The molecule has 2 aliphatic rings. The van der Waals surface area contributed by atoms with Crippen molar-refractivity contribution in [3.63, 3.8) is 0 Å². The number of hydrogen-bond acceptors (Lipinski definition) is 4. The lowest BCUT2D eigenvalue weighted by Crippen LogP contribution is -2.48. The molecule has 150 valence electrons. The molecule has 1 saturated heterocycles. The summed E-state index contributed by atoms with van der Waals surface area (Å²) in [6, 6.07) is 7.67. The smallest absolute Gasteiger partial charge is 0.354 e. The van der Waals surface area contributed by atoms with E-state index in [0.29, 0.717) is 23.8 Å². The van der Waals surface area contributed by atoms with Crippen LogP contribution in [0.2, 0.25) is 0 Å². The maximum atomic E-state index is 13.0. The monoisotopic (exact) mass is 411 g/mol. The van der Waals surface area contributed by atoms with Gasteiger partial charge >= 0.3 is 6.18 Å². The Labute approximate surface area is 161 Å². The highest BCUT2D eigenvalue weighted by Crippen LogP contribution is 2.30. The molecule has 0 atom stereocenters. The Hall–Kier alpha value is -2.13. The molecule has 9 heteroatoms. The van der Waals surface area contributed by atoms with Gasteiger partial charge in [0, 0.05) is 32.4 Å². The number of nitrogens with zero attached hydrogens (tertiary/aromatic N) is 3. The summed E-state index contributed by atoms with van der Waals surface area (Å²) < 4.78 is 65.3. The van der Waals surface area contributed by atoms with E-state index >= 15 is 0 Å². The lowest BCUT2D eigenvalue weighted by atomic mass is 10.1. The predicted octanol–water partition coefficient (Wildman–Crippen LogP) is 3.10. The van der Waals surface area contributed by atoms with Gasteiger partial charge in [-0.05, 0) is 54.7 Å². The van der Waals surface area contributed by atoms with Crippen LogP contribution in [0, 0.1) is 0 Å². The number of pyridine rings is 1. The third kappa shape index (κ3) is 3.60. The van der Waals surface area contributed by atoms with Gasteiger partial charge < -0.3 is 4.90 Å². The minimum Gasteiger partial charge on any atom is -0.354 e. The molecular formula is C19H20F3N3O2S. The first kappa shape index (κ1) is 19.2. The molecule has 5 nitrogen and oxygen atoms in total. The van der Waals surface area contributed by atoms with Crippen molar-refractivity contribution in [2.45, 2.75) is 30.3 Å². The number of piperazine rings is 1. The number of fused-ring (bicyclic) bond motifs is 1. The zero-order chi connectivity index (χ0) is 19.9. The molecule has 0 unspecified atom stereocenters. The highest BCUT2D eigenvalue weighted by molar-refractivity contribution is 7.89. The van der Waals surface area contributed by atoms with Crippen LogP contribution in [-0.4, -0.2) is 43.9 Å². The van der Waals surface area contributed by atoms with Gasteiger partial charge in [0.25, 0.3) is 0 Å². The van der Waals surface area contributed by atoms with E-state index in [4.69, 9.17) is 0 Å². The number of sulfonamides is 1. The van der Waals surface area contributed by atoms with Crippen LogP contribution in [-0.2, 0) is 29.0 Å². The number of alkyl halides is 3. The van der Waals surface area contributed by atoms with Gasteiger partial charge in [-0.2, -0.15) is 17.5 Å². The van der Waals surface area contributed by atoms with E-state index in [2.05, 4.69) is 4.98 Å². The van der Waals surface area contributed by atoms with Gasteiger partial charge in [0.05, 0.1) is 10.5 Å². The number of anilines is 1. The van der Waals surface area contributed by atoms with E-state index in [1.807, 2.05) is 6.07 Å². The molecule has 2 heterocycles. The Morgan fingerprint density at radius 2 is 1.64 bits per heavy atom. The van der Waals surface area contributed by atoms with Crippen molar-refractivity contribution in [2.24, 2.45) is 0 Å². The van der Waals surface area contributed by atoms with E-state index < -0.39 is 21.8 Å². The number of halogens is 3.